The van der Waals surface area contributed by atoms with E-state index in [2.05, 4.69) is 20.7 Å². The Morgan fingerprint density at radius 2 is 2.06 bits per heavy atom. The fourth-order valence-electron chi connectivity index (χ4n) is 1.14. The second kappa shape index (κ2) is 6.56. The van der Waals surface area contributed by atoms with Crippen LogP contribution in [0, 0.1) is 5.82 Å². The van der Waals surface area contributed by atoms with Crippen LogP contribution in [0.4, 0.5) is 4.39 Å². The predicted molar refractivity (Wildman–Crippen MR) is 62.8 cm³/mol. The fourth-order valence-corrected chi connectivity index (χ4v) is 1.62. The molecular weight excluding hydrogens is 295 g/mol. The Morgan fingerprint density at radius 3 is 2.65 bits per heavy atom. The summed E-state index contributed by atoms with van der Waals surface area (Å²) in [6, 6.07) is 2.45. The van der Waals surface area contributed by atoms with Crippen molar-refractivity contribution in [2.24, 2.45) is 0 Å². The number of esters is 1. The molecule has 0 N–H and O–H groups in total. The molecule has 6 heteroatoms. The van der Waals surface area contributed by atoms with E-state index in [9.17, 15) is 9.18 Å². The maximum atomic E-state index is 13.6. The molecule has 1 aromatic rings. The normalized spacial score (nSPS) is 10.1. The molecule has 0 aliphatic heterocycles. The van der Waals surface area contributed by atoms with E-state index in [4.69, 9.17) is 9.47 Å². The van der Waals surface area contributed by atoms with E-state index < -0.39 is 11.8 Å². The van der Waals surface area contributed by atoms with Gasteiger partial charge in [-0.2, -0.15) is 0 Å². The molecule has 0 atom stereocenters. The Bertz CT molecular complexity index is 409. The molecule has 0 aromatic heterocycles. The third-order valence-corrected chi connectivity index (χ3v) is 2.63. The van der Waals surface area contributed by atoms with Crippen LogP contribution in [0.15, 0.2) is 16.6 Å². The van der Waals surface area contributed by atoms with Gasteiger partial charge in [-0.15, -0.1) is 0 Å². The second-order valence-corrected chi connectivity index (χ2v) is 3.95. The highest BCUT2D eigenvalue weighted by molar-refractivity contribution is 9.10. The zero-order valence-electron chi connectivity index (χ0n) is 9.46. The number of ether oxygens (including phenoxy) is 3. The number of carbonyl (C=O) groups excluding carboxylic acids is 1. The molecule has 0 saturated carbocycles. The standard InChI is InChI=1S/C11H12BrFO4/c1-15-3-4-17-10-6-8(12)7(5-9(10)13)11(14)16-2/h5-6H,3-4H2,1-2H3. The van der Waals surface area contributed by atoms with Gasteiger partial charge in [0.15, 0.2) is 11.6 Å². The SMILES string of the molecule is COCCOc1cc(Br)c(C(=O)OC)cc1F. The van der Waals surface area contributed by atoms with E-state index in [-0.39, 0.29) is 17.9 Å². The van der Waals surface area contributed by atoms with E-state index in [1.165, 1.54) is 20.3 Å². The van der Waals surface area contributed by atoms with Gasteiger partial charge in [0.1, 0.15) is 6.61 Å². The van der Waals surface area contributed by atoms with Gasteiger partial charge in [-0.3, -0.25) is 0 Å². The summed E-state index contributed by atoms with van der Waals surface area (Å²) in [5, 5.41) is 0. The molecule has 94 valence electrons. The highest BCUT2D eigenvalue weighted by Gasteiger charge is 2.15. The molecule has 0 aliphatic rings. The average molecular weight is 307 g/mol. The van der Waals surface area contributed by atoms with E-state index in [1.807, 2.05) is 0 Å². The van der Waals surface area contributed by atoms with Crippen molar-refractivity contribution in [3.05, 3.63) is 28.0 Å². The first-order valence-corrected chi connectivity index (χ1v) is 5.58. The van der Waals surface area contributed by atoms with E-state index in [1.54, 1.807) is 0 Å². The monoisotopic (exact) mass is 306 g/mol. The molecule has 1 aromatic carbocycles. The highest BCUT2D eigenvalue weighted by Crippen LogP contribution is 2.27. The molecule has 1 rings (SSSR count). The lowest BCUT2D eigenvalue weighted by Gasteiger charge is -2.09. The van der Waals surface area contributed by atoms with Gasteiger partial charge in [0.2, 0.25) is 0 Å². The molecule has 4 nitrogen and oxygen atoms in total. The molecular formula is C11H12BrFO4. The number of carbonyl (C=O) groups is 1. The van der Waals surface area contributed by atoms with Crippen LogP contribution >= 0.6 is 15.9 Å². The summed E-state index contributed by atoms with van der Waals surface area (Å²) in [5.41, 5.74) is 0.115. The fraction of sp³-hybridized carbons (Fsp3) is 0.364. The number of rotatable bonds is 5. The number of hydrogen-bond acceptors (Lipinski definition) is 4. The van der Waals surface area contributed by atoms with E-state index in [0.29, 0.717) is 11.1 Å². The Morgan fingerprint density at radius 1 is 1.35 bits per heavy atom. The van der Waals surface area contributed by atoms with Crippen LogP contribution in [0.2, 0.25) is 0 Å². The van der Waals surface area contributed by atoms with Crippen LogP contribution in [0.5, 0.6) is 5.75 Å². The van der Waals surface area contributed by atoms with Crippen LogP contribution < -0.4 is 4.74 Å². The van der Waals surface area contributed by atoms with Crippen molar-refractivity contribution >= 4 is 21.9 Å². The lowest BCUT2D eigenvalue weighted by Crippen LogP contribution is -2.07. The summed E-state index contributed by atoms with van der Waals surface area (Å²) < 4.78 is 28.4. The lowest BCUT2D eigenvalue weighted by molar-refractivity contribution is 0.0599. The minimum absolute atomic E-state index is 0.0570. The molecule has 17 heavy (non-hydrogen) atoms. The smallest absolute Gasteiger partial charge is 0.339 e. The summed E-state index contributed by atoms with van der Waals surface area (Å²) in [6.45, 7) is 0.591. The van der Waals surface area contributed by atoms with Crippen LogP contribution in [-0.4, -0.2) is 33.4 Å². The minimum atomic E-state index is -0.621. The van der Waals surface area contributed by atoms with Crippen molar-refractivity contribution in [2.75, 3.05) is 27.4 Å². The molecule has 0 unspecified atom stereocenters. The van der Waals surface area contributed by atoms with Gasteiger partial charge in [-0.05, 0) is 28.1 Å². The van der Waals surface area contributed by atoms with Crippen molar-refractivity contribution in [1.29, 1.82) is 0 Å². The van der Waals surface area contributed by atoms with Crippen molar-refractivity contribution < 1.29 is 23.4 Å². The molecule has 0 fully saturated rings. The van der Waals surface area contributed by atoms with E-state index >= 15 is 0 Å². The Hall–Kier alpha value is -1.14. The van der Waals surface area contributed by atoms with Crippen molar-refractivity contribution in [1.82, 2.24) is 0 Å². The van der Waals surface area contributed by atoms with Gasteiger partial charge in [-0.25, -0.2) is 9.18 Å². The molecule has 0 radical (unpaired) electrons. The molecule has 0 bridgehead atoms. The van der Waals surface area contributed by atoms with Crippen molar-refractivity contribution in [3.63, 3.8) is 0 Å². The van der Waals surface area contributed by atoms with Gasteiger partial charge in [0.25, 0.3) is 0 Å². The van der Waals surface area contributed by atoms with Crippen molar-refractivity contribution in [2.45, 2.75) is 0 Å². The molecule has 0 saturated heterocycles. The minimum Gasteiger partial charge on any atom is -0.488 e. The van der Waals surface area contributed by atoms with Gasteiger partial charge in [-0.1, -0.05) is 0 Å². The third-order valence-electron chi connectivity index (χ3n) is 1.97. The Balaban J connectivity index is 2.89. The topological polar surface area (TPSA) is 44.8 Å². The molecule has 0 aliphatic carbocycles. The number of benzene rings is 1. The zero-order chi connectivity index (χ0) is 12.8. The van der Waals surface area contributed by atoms with Crippen LogP contribution in [0.1, 0.15) is 10.4 Å². The summed E-state index contributed by atoms with van der Waals surface area (Å²) in [7, 11) is 2.76. The molecule has 0 heterocycles. The zero-order valence-corrected chi connectivity index (χ0v) is 11.0. The van der Waals surface area contributed by atoms with Gasteiger partial charge in [0.05, 0.1) is 19.3 Å². The number of hydrogen-bond donors (Lipinski definition) is 0. The summed E-state index contributed by atoms with van der Waals surface area (Å²) in [5.74, 6) is -1.18. The largest absolute Gasteiger partial charge is 0.488 e. The summed E-state index contributed by atoms with van der Waals surface area (Å²) in [4.78, 5) is 11.3. The van der Waals surface area contributed by atoms with Crippen molar-refractivity contribution in [3.8, 4) is 5.75 Å². The van der Waals surface area contributed by atoms with Gasteiger partial charge >= 0.3 is 5.97 Å². The maximum absolute atomic E-state index is 13.6. The Labute approximate surface area is 107 Å². The quantitative estimate of drug-likeness (QED) is 0.619. The average Bonchev–Trinajstić information content (AvgIpc) is 2.32. The second-order valence-electron chi connectivity index (χ2n) is 3.10. The highest BCUT2D eigenvalue weighted by atomic mass is 79.9. The Kier molecular flexibility index (Phi) is 5.37. The van der Waals surface area contributed by atoms with Crippen LogP contribution in [0.3, 0.4) is 0 Å². The van der Waals surface area contributed by atoms with Gasteiger partial charge < -0.3 is 14.2 Å². The van der Waals surface area contributed by atoms with Crippen LogP contribution in [-0.2, 0) is 9.47 Å². The maximum Gasteiger partial charge on any atom is 0.339 e. The first-order chi connectivity index (χ1) is 8.10. The molecule has 0 amide bonds. The molecule has 0 spiro atoms. The summed E-state index contributed by atoms with van der Waals surface area (Å²) in [6.07, 6.45) is 0. The predicted octanol–water partition coefficient (Wildman–Crippen LogP) is 2.40. The first-order valence-electron chi connectivity index (χ1n) is 4.79. The number of methoxy groups -OCH3 is 2. The van der Waals surface area contributed by atoms with Gasteiger partial charge in [0, 0.05) is 11.6 Å². The van der Waals surface area contributed by atoms with Crippen LogP contribution in [0.25, 0.3) is 0 Å². The first kappa shape index (κ1) is 13.9. The number of halogens is 2. The van der Waals surface area contributed by atoms with E-state index in [0.717, 1.165) is 6.07 Å². The third kappa shape index (κ3) is 3.67. The summed E-state index contributed by atoms with van der Waals surface area (Å²) >= 11 is 3.15. The lowest BCUT2D eigenvalue weighted by atomic mass is 10.2.